The summed E-state index contributed by atoms with van der Waals surface area (Å²) in [5.74, 6) is 1.08. The van der Waals surface area contributed by atoms with E-state index in [1.54, 1.807) is 6.20 Å². The molecular weight excluding hydrogens is 262 g/mol. The van der Waals surface area contributed by atoms with Gasteiger partial charge in [-0.05, 0) is 56.0 Å². The van der Waals surface area contributed by atoms with Gasteiger partial charge in [0.2, 0.25) is 5.91 Å². The number of benzene rings is 1. The van der Waals surface area contributed by atoms with Crippen LogP contribution in [0.2, 0.25) is 0 Å². The van der Waals surface area contributed by atoms with Crippen molar-refractivity contribution in [1.29, 1.82) is 0 Å². The SMILES string of the molecule is Cc1cccc(Nc2ccc(NC(=O)C3CC3)cn2)c1C. The third-order valence-electron chi connectivity index (χ3n) is 3.85. The van der Waals surface area contributed by atoms with Crippen LogP contribution in [0.4, 0.5) is 17.2 Å². The van der Waals surface area contributed by atoms with Crippen LogP contribution in [0.3, 0.4) is 0 Å². The van der Waals surface area contributed by atoms with Crippen LogP contribution in [0, 0.1) is 19.8 Å². The first-order valence-electron chi connectivity index (χ1n) is 7.23. The zero-order valence-corrected chi connectivity index (χ0v) is 12.3. The van der Waals surface area contributed by atoms with E-state index in [4.69, 9.17) is 0 Å². The molecule has 21 heavy (non-hydrogen) atoms. The topological polar surface area (TPSA) is 54.0 Å². The quantitative estimate of drug-likeness (QED) is 0.896. The van der Waals surface area contributed by atoms with Gasteiger partial charge in [-0.15, -0.1) is 0 Å². The number of carbonyl (C=O) groups is 1. The van der Waals surface area contributed by atoms with Crippen LogP contribution in [0.1, 0.15) is 24.0 Å². The first-order valence-corrected chi connectivity index (χ1v) is 7.23. The molecule has 0 atom stereocenters. The van der Waals surface area contributed by atoms with Crippen LogP contribution in [-0.2, 0) is 4.79 Å². The summed E-state index contributed by atoms with van der Waals surface area (Å²) >= 11 is 0. The molecule has 1 fully saturated rings. The van der Waals surface area contributed by atoms with E-state index in [0.717, 1.165) is 30.0 Å². The van der Waals surface area contributed by atoms with Gasteiger partial charge in [0.25, 0.3) is 0 Å². The Kier molecular flexibility index (Phi) is 3.60. The molecule has 2 aromatic rings. The smallest absolute Gasteiger partial charge is 0.227 e. The fourth-order valence-corrected chi connectivity index (χ4v) is 2.16. The van der Waals surface area contributed by atoms with E-state index in [9.17, 15) is 4.79 Å². The maximum Gasteiger partial charge on any atom is 0.227 e. The number of rotatable bonds is 4. The van der Waals surface area contributed by atoms with Crippen molar-refractivity contribution in [2.45, 2.75) is 26.7 Å². The molecule has 1 amide bonds. The van der Waals surface area contributed by atoms with Crippen molar-refractivity contribution in [1.82, 2.24) is 4.98 Å². The van der Waals surface area contributed by atoms with E-state index >= 15 is 0 Å². The van der Waals surface area contributed by atoms with Gasteiger partial charge in [-0.2, -0.15) is 0 Å². The van der Waals surface area contributed by atoms with Gasteiger partial charge in [0, 0.05) is 11.6 Å². The molecule has 0 saturated heterocycles. The number of nitrogens with zero attached hydrogens (tertiary/aromatic N) is 1. The average Bonchev–Trinajstić information content (AvgIpc) is 3.30. The maximum absolute atomic E-state index is 11.7. The van der Waals surface area contributed by atoms with Gasteiger partial charge in [0.1, 0.15) is 5.82 Å². The molecule has 4 heteroatoms. The molecule has 0 unspecified atom stereocenters. The van der Waals surface area contributed by atoms with Gasteiger partial charge in [-0.1, -0.05) is 12.1 Å². The Balaban J connectivity index is 1.69. The number of hydrogen-bond donors (Lipinski definition) is 2. The van der Waals surface area contributed by atoms with Gasteiger partial charge in [-0.25, -0.2) is 4.98 Å². The Morgan fingerprint density at radius 2 is 2.00 bits per heavy atom. The van der Waals surface area contributed by atoms with Crippen molar-refractivity contribution >= 4 is 23.1 Å². The Morgan fingerprint density at radius 3 is 2.67 bits per heavy atom. The lowest BCUT2D eigenvalue weighted by Crippen LogP contribution is -2.13. The molecule has 4 nitrogen and oxygen atoms in total. The fourth-order valence-electron chi connectivity index (χ4n) is 2.16. The van der Waals surface area contributed by atoms with Crippen LogP contribution in [0.5, 0.6) is 0 Å². The average molecular weight is 281 g/mol. The van der Waals surface area contributed by atoms with E-state index in [0.29, 0.717) is 0 Å². The largest absolute Gasteiger partial charge is 0.340 e. The number of hydrogen-bond acceptors (Lipinski definition) is 3. The number of amides is 1. The summed E-state index contributed by atoms with van der Waals surface area (Å²) in [6.45, 7) is 4.17. The summed E-state index contributed by atoms with van der Waals surface area (Å²) in [6, 6.07) is 9.90. The first-order chi connectivity index (χ1) is 10.1. The van der Waals surface area contributed by atoms with Crippen molar-refractivity contribution in [2.75, 3.05) is 10.6 Å². The van der Waals surface area contributed by atoms with Gasteiger partial charge in [0.15, 0.2) is 0 Å². The number of aryl methyl sites for hydroxylation is 1. The Labute approximate surface area is 124 Å². The molecule has 1 aromatic carbocycles. The molecule has 1 saturated carbocycles. The van der Waals surface area contributed by atoms with E-state index in [-0.39, 0.29) is 11.8 Å². The molecular formula is C17H19N3O. The van der Waals surface area contributed by atoms with Crippen molar-refractivity contribution in [2.24, 2.45) is 5.92 Å². The number of carbonyl (C=O) groups excluding carboxylic acids is 1. The monoisotopic (exact) mass is 281 g/mol. The van der Waals surface area contributed by atoms with Crippen molar-refractivity contribution in [3.8, 4) is 0 Å². The second kappa shape index (κ2) is 5.56. The Hall–Kier alpha value is -2.36. The molecule has 2 N–H and O–H groups in total. The summed E-state index contributed by atoms with van der Waals surface area (Å²) in [5, 5.41) is 6.19. The molecule has 1 heterocycles. The summed E-state index contributed by atoms with van der Waals surface area (Å²) in [4.78, 5) is 16.0. The highest BCUT2D eigenvalue weighted by atomic mass is 16.2. The van der Waals surface area contributed by atoms with Gasteiger partial charge in [-0.3, -0.25) is 4.79 Å². The predicted molar refractivity (Wildman–Crippen MR) is 84.8 cm³/mol. The number of nitrogens with one attached hydrogen (secondary N) is 2. The van der Waals surface area contributed by atoms with Crippen LogP contribution >= 0.6 is 0 Å². The molecule has 3 rings (SSSR count). The molecule has 0 aliphatic heterocycles. The maximum atomic E-state index is 11.7. The summed E-state index contributed by atoms with van der Waals surface area (Å²) < 4.78 is 0. The second-order valence-electron chi connectivity index (χ2n) is 5.57. The zero-order valence-electron chi connectivity index (χ0n) is 12.3. The standard InChI is InChI=1S/C17H19N3O/c1-11-4-3-5-15(12(11)2)20-16-9-8-14(10-18-16)19-17(21)13-6-7-13/h3-5,8-10,13H,6-7H2,1-2H3,(H,18,20)(H,19,21). The zero-order chi connectivity index (χ0) is 14.8. The van der Waals surface area contributed by atoms with Gasteiger partial charge in [0.05, 0.1) is 11.9 Å². The number of aromatic nitrogens is 1. The lowest BCUT2D eigenvalue weighted by atomic mass is 10.1. The lowest BCUT2D eigenvalue weighted by molar-refractivity contribution is -0.117. The Bertz CT molecular complexity index is 660. The van der Waals surface area contributed by atoms with E-state index in [1.807, 2.05) is 24.3 Å². The fraction of sp³-hybridized carbons (Fsp3) is 0.294. The minimum absolute atomic E-state index is 0.104. The molecule has 1 aliphatic carbocycles. The van der Waals surface area contributed by atoms with Crippen LogP contribution < -0.4 is 10.6 Å². The van der Waals surface area contributed by atoms with Crippen LogP contribution in [0.25, 0.3) is 0 Å². The molecule has 0 spiro atoms. The summed E-state index contributed by atoms with van der Waals surface area (Å²) in [7, 11) is 0. The highest BCUT2D eigenvalue weighted by molar-refractivity contribution is 5.93. The third kappa shape index (κ3) is 3.21. The van der Waals surface area contributed by atoms with Crippen molar-refractivity contribution < 1.29 is 4.79 Å². The molecule has 0 radical (unpaired) electrons. The third-order valence-corrected chi connectivity index (χ3v) is 3.85. The number of pyridine rings is 1. The highest BCUT2D eigenvalue weighted by Crippen LogP contribution is 2.30. The predicted octanol–water partition coefficient (Wildman–Crippen LogP) is 3.79. The van der Waals surface area contributed by atoms with Crippen LogP contribution in [0.15, 0.2) is 36.5 Å². The normalized spacial score (nSPS) is 13.8. The van der Waals surface area contributed by atoms with Crippen molar-refractivity contribution in [3.05, 3.63) is 47.7 Å². The summed E-state index contributed by atoms with van der Waals surface area (Å²) in [5.41, 5.74) is 4.26. The lowest BCUT2D eigenvalue weighted by Gasteiger charge is -2.11. The van der Waals surface area contributed by atoms with E-state index < -0.39 is 0 Å². The molecule has 108 valence electrons. The minimum atomic E-state index is 0.104. The Morgan fingerprint density at radius 1 is 1.19 bits per heavy atom. The highest BCUT2D eigenvalue weighted by Gasteiger charge is 2.29. The van der Waals surface area contributed by atoms with Gasteiger partial charge < -0.3 is 10.6 Å². The first kappa shape index (κ1) is 13.6. The summed E-state index contributed by atoms with van der Waals surface area (Å²) in [6.07, 6.45) is 3.70. The minimum Gasteiger partial charge on any atom is -0.340 e. The molecule has 0 bridgehead atoms. The van der Waals surface area contributed by atoms with Gasteiger partial charge >= 0.3 is 0 Å². The molecule has 1 aromatic heterocycles. The second-order valence-corrected chi connectivity index (χ2v) is 5.57. The number of anilines is 3. The van der Waals surface area contributed by atoms with Crippen molar-refractivity contribution in [3.63, 3.8) is 0 Å². The van der Waals surface area contributed by atoms with E-state index in [2.05, 4.69) is 35.5 Å². The van der Waals surface area contributed by atoms with Crippen LogP contribution in [-0.4, -0.2) is 10.9 Å². The van der Waals surface area contributed by atoms with E-state index in [1.165, 1.54) is 11.1 Å². The molecule has 1 aliphatic rings.